The summed E-state index contributed by atoms with van der Waals surface area (Å²) in [6, 6.07) is 15.0. The molecule has 0 radical (unpaired) electrons. The highest BCUT2D eigenvalue weighted by molar-refractivity contribution is 5.88. The molecule has 0 saturated heterocycles. The van der Waals surface area contributed by atoms with E-state index >= 15 is 0 Å². The first-order valence-electron chi connectivity index (χ1n) is 10.2. The van der Waals surface area contributed by atoms with E-state index in [2.05, 4.69) is 5.32 Å². The van der Waals surface area contributed by atoms with Crippen LogP contribution in [0, 0.1) is 6.92 Å². The first-order valence-corrected chi connectivity index (χ1v) is 10.2. The summed E-state index contributed by atoms with van der Waals surface area (Å²) in [6.07, 6.45) is 1.67. The van der Waals surface area contributed by atoms with Gasteiger partial charge in [-0.05, 0) is 48.6 Å². The maximum Gasteiger partial charge on any atom is 0.242 e. The molecule has 156 valence electrons. The summed E-state index contributed by atoms with van der Waals surface area (Å²) in [6.45, 7) is 7.02. The van der Waals surface area contributed by atoms with Crippen molar-refractivity contribution in [1.29, 1.82) is 0 Å². The van der Waals surface area contributed by atoms with Crippen LogP contribution in [0.25, 0.3) is 0 Å². The standard InChI is InChI=1S/C24H32N2O3/c1-5-15-25-24(28)22(6-2)26(17-20-10-8-7-9-18(20)3)23(27)16-19-11-13-21(29-4)14-12-19/h7-14,22H,5-6,15-17H2,1-4H3,(H,25,28)/t22-/m0/s1. The topological polar surface area (TPSA) is 58.6 Å². The van der Waals surface area contributed by atoms with Gasteiger partial charge in [0.15, 0.2) is 0 Å². The molecule has 0 heterocycles. The number of aryl methyl sites for hydroxylation is 1. The fourth-order valence-corrected chi connectivity index (χ4v) is 3.28. The first kappa shape index (κ1) is 22.5. The lowest BCUT2D eigenvalue weighted by Gasteiger charge is -2.31. The van der Waals surface area contributed by atoms with Crippen LogP contribution in [0.5, 0.6) is 5.75 Å². The zero-order valence-corrected chi connectivity index (χ0v) is 17.9. The van der Waals surface area contributed by atoms with E-state index in [1.807, 2.05) is 69.3 Å². The van der Waals surface area contributed by atoms with Crippen molar-refractivity contribution >= 4 is 11.8 Å². The Hall–Kier alpha value is -2.82. The van der Waals surface area contributed by atoms with Crippen molar-refractivity contribution in [3.63, 3.8) is 0 Å². The number of ether oxygens (including phenoxy) is 1. The molecular weight excluding hydrogens is 364 g/mol. The summed E-state index contributed by atoms with van der Waals surface area (Å²) in [5, 5.41) is 2.95. The lowest BCUT2D eigenvalue weighted by molar-refractivity contribution is -0.140. The molecule has 0 spiro atoms. The van der Waals surface area contributed by atoms with Gasteiger partial charge in [-0.25, -0.2) is 0 Å². The molecule has 5 heteroatoms. The number of carbonyl (C=O) groups is 2. The van der Waals surface area contributed by atoms with E-state index in [4.69, 9.17) is 4.74 Å². The Kier molecular flexibility index (Phi) is 8.71. The third-order valence-electron chi connectivity index (χ3n) is 5.05. The molecule has 2 rings (SSSR count). The molecule has 2 amide bonds. The molecule has 0 aliphatic rings. The van der Waals surface area contributed by atoms with Gasteiger partial charge in [-0.2, -0.15) is 0 Å². The Morgan fingerprint density at radius 2 is 1.76 bits per heavy atom. The summed E-state index contributed by atoms with van der Waals surface area (Å²) in [5.41, 5.74) is 3.06. The number of hydrogen-bond donors (Lipinski definition) is 1. The Labute approximate surface area is 174 Å². The molecule has 0 saturated carbocycles. The van der Waals surface area contributed by atoms with E-state index in [-0.39, 0.29) is 18.2 Å². The van der Waals surface area contributed by atoms with Crippen molar-refractivity contribution in [1.82, 2.24) is 10.2 Å². The van der Waals surface area contributed by atoms with Gasteiger partial charge in [-0.15, -0.1) is 0 Å². The largest absolute Gasteiger partial charge is 0.497 e. The molecule has 2 aromatic carbocycles. The van der Waals surface area contributed by atoms with Crippen LogP contribution in [0.4, 0.5) is 0 Å². The number of nitrogens with zero attached hydrogens (tertiary/aromatic N) is 1. The molecule has 2 aromatic rings. The monoisotopic (exact) mass is 396 g/mol. The second kappa shape index (κ2) is 11.2. The minimum atomic E-state index is -0.494. The molecule has 0 aromatic heterocycles. The van der Waals surface area contributed by atoms with Gasteiger partial charge < -0.3 is 15.0 Å². The van der Waals surface area contributed by atoms with Crippen LogP contribution in [-0.2, 0) is 22.6 Å². The summed E-state index contributed by atoms with van der Waals surface area (Å²) in [5.74, 6) is 0.603. The number of hydrogen-bond acceptors (Lipinski definition) is 3. The zero-order valence-electron chi connectivity index (χ0n) is 17.9. The van der Waals surface area contributed by atoms with E-state index in [0.717, 1.165) is 28.9 Å². The van der Waals surface area contributed by atoms with E-state index in [0.29, 0.717) is 19.5 Å². The predicted octanol–water partition coefficient (Wildman–Crippen LogP) is 3.88. The Morgan fingerprint density at radius 3 is 2.34 bits per heavy atom. The van der Waals surface area contributed by atoms with Crippen molar-refractivity contribution in [2.45, 2.75) is 52.6 Å². The SMILES string of the molecule is CCCNC(=O)[C@H](CC)N(Cc1ccccc1C)C(=O)Cc1ccc(OC)cc1. The summed E-state index contributed by atoms with van der Waals surface area (Å²) in [4.78, 5) is 27.8. The number of nitrogens with one attached hydrogen (secondary N) is 1. The van der Waals surface area contributed by atoms with Gasteiger partial charge in [0.25, 0.3) is 0 Å². The number of methoxy groups -OCH3 is 1. The number of benzene rings is 2. The van der Waals surface area contributed by atoms with Crippen molar-refractivity contribution in [2.24, 2.45) is 0 Å². The average molecular weight is 397 g/mol. The summed E-state index contributed by atoms with van der Waals surface area (Å²) in [7, 11) is 1.62. The highest BCUT2D eigenvalue weighted by Crippen LogP contribution is 2.18. The lowest BCUT2D eigenvalue weighted by atomic mass is 10.0. The van der Waals surface area contributed by atoms with Crippen LogP contribution in [0.15, 0.2) is 48.5 Å². The van der Waals surface area contributed by atoms with Crippen LogP contribution in [0.1, 0.15) is 43.4 Å². The van der Waals surface area contributed by atoms with Crippen molar-refractivity contribution in [2.75, 3.05) is 13.7 Å². The molecule has 29 heavy (non-hydrogen) atoms. The summed E-state index contributed by atoms with van der Waals surface area (Å²) >= 11 is 0. The van der Waals surface area contributed by atoms with Gasteiger partial charge in [-0.3, -0.25) is 9.59 Å². The van der Waals surface area contributed by atoms with Gasteiger partial charge in [0.2, 0.25) is 11.8 Å². The molecule has 0 aliphatic carbocycles. The Morgan fingerprint density at radius 1 is 1.07 bits per heavy atom. The number of rotatable bonds is 10. The van der Waals surface area contributed by atoms with Crippen LogP contribution < -0.4 is 10.1 Å². The fraction of sp³-hybridized carbons (Fsp3) is 0.417. The fourth-order valence-electron chi connectivity index (χ4n) is 3.28. The predicted molar refractivity (Wildman–Crippen MR) is 116 cm³/mol. The van der Waals surface area contributed by atoms with Crippen molar-refractivity contribution < 1.29 is 14.3 Å². The normalized spacial score (nSPS) is 11.6. The lowest BCUT2D eigenvalue weighted by Crippen LogP contribution is -2.49. The first-order chi connectivity index (χ1) is 14.0. The second-order valence-electron chi connectivity index (χ2n) is 7.19. The highest BCUT2D eigenvalue weighted by atomic mass is 16.5. The van der Waals surface area contributed by atoms with Gasteiger partial charge in [-0.1, -0.05) is 50.2 Å². The molecule has 1 N–H and O–H groups in total. The quantitative estimate of drug-likeness (QED) is 0.663. The number of carbonyl (C=O) groups excluding carboxylic acids is 2. The average Bonchev–Trinajstić information content (AvgIpc) is 2.73. The van der Waals surface area contributed by atoms with Crippen molar-refractivity contribution in [3.05, 3.63) is 65.2 Å². The molecule has 1 atom stereocenters. The zero-order chi connectivity index (χ0) is 21.2. The molecule has 0 aliphatic heterocycles. The maximum absolute atomic E-state index is 13.3. The van der Waals surface area contributed by atoms with Gasteiger partial charge in [0.1, 0.15) is 11.8 Å². The molecule has 0 bridgehead atoms. The van der Waals surface area contributed by atoms with Crippen LogP contribution >= 0.6 is 0 Å². The molecule has 0 unspecified atom stereocenters. The van der Waals surface area contributed by atoms with E-state index in [9.17, 15) is 9.59 Å². The maximum atomic E-state index is 13.3. The van der Waals surface area contributed by atoms with Crippen LogP contribution in [-0.4, -0.2) is 36.4 Å². The molecule has 5 nitrogen and oxygen atoms in total. The highest BCUT2D eigenvalue weighted by Gasteiger charge is 2.28. The second-order valence-corrected chi connectivity index (χ2v) is 7.19. The van der Waals surface area contributed by atoms with Crippen LogP contribution in [0.2, 0.25) is 0 Å². The molecule has 0 fully saturated rings. The Bertz CT molecular complexity index is 802. The van der Waals surface area contributed by atoms with Crippen molar-refractivity contribution in [3.8, 4) is 5.75 Å². The van der Waals surface area contributed by atoms with E-state index in [1.54, 1.807) is 12.0 Å². The summed E-state index contributed by atoms with van der Waals surface area (Å²) < 4.78 is 5.19. The van der Waals surface area contributed by atoms with Gasteiger partial charge in [0, 0.05) is 13.1 Å². The number of amides is 2. The van der Waals surface area contributed by atoms with Gasteiger partial charge >= 0.3 is 0 Å². The minimum absolute atomic E-state index is 0.0584. The molecular formula is C24H32N2O3. The van der Waals surface area contributed by atoms with E-state index in [1.165, 1.54) is 0 Å². The minimum Gasteiger partial charge on any atom is -0.497 e. The van der Waals surface area contributed by atoms with Gasteiger partial charge in [0.05, 0.1) is 13.5 Å². The van der Waals surface area contributed by atoms with E-state index < -0.39 is 6.04 Å². The third-order valence-corrected chi connectivity index (χ3v) is 5.05. The van der Waals surface area contributed by atoms with Crippen LogP contribution in [0.3, 0.4) is 0 Å². The Balaban J connectivity index is 2.27. The smallest absolute Gasteiger partial charge is 0.242 e. The third kappa shape index (κ3) is 6.34.